The molecule has 0 aliphatic carbocycles. The van der Waals surface area contributed by atoms with Crippen LogP contribution < -0.4 is 0 Å². The molecule has 10 saturated heterocycles. The molecule has 6 unspecified atom stereocenters. The Kier molecular flexibility index (Phi) is 1.79. The van der Waals surface area contributed by atoms with Gasteiger partial charge < -0.3 is 0 Å². The van der Waals surface area contributed by atoms with Crippen molar-refractivity contribution < 1.29 is 6.51 Å². The minimum absolute atomic E-state index is 0.164. The molecule has 210 valence electrons. The topological polar surface area (TPSA) is 51.6 Å². The fourth-order valence-corrected chi connectivity index (χ4v) is 140. The molecule has 0 bridgehead atoms. The molecule has 0 radical (unpaired) electrons. The third kappa shape index (κ3) is 0.527. The second-order valence-corrected chi connectivity index (χ2v) is 53.6. The molecule has 2 aromatic rings. The van der Waals surface area contributed by atoms with Gasteiger partial charge in [0, 0.05) is 0 Å². The average molecular weight is 619 g/mol. The first-order valence-electron chi connectivity index (χ1n) is 15.2. The van der Waals surface area contributed by atoms with Gasteiger partial charge in [0.05, 0.1) is 0 Å². The van der Waals surface area contributed by atoms with Crippen LogP contribution in [0.2, 0.25) is 65.9 Å². The quantitative estimate of drug-likeness (QED) is 0.240. The second kappa shape index (κ2) is 3.13. The summed E-state index contributed by atoms with van der Waals surface area (Å²) in [4.78, 5) is 28.7. The van der Waals surface area contributed by atoms with Crippen LogP contribution in [0.4, 0.5) is 0 Å². The second-order valence-electron chi connectivity index (χ2n) is 20.1. The number of fused-ring (bicyclic) bond motifs is 10. The molecule has 12 heterocycles. The van der Waals surface area contributed by atoms with Crippen molar-refractivity contribution in [3.8, 4) is 0 Å². The average Bonchev–Trinajstić information content (AvgIpc) is 3.80. The number of rotatable bonds is 6. The van der Waals surface area contributed by atoms with Crippen LogP contribution in [-0.4, -0.2) is 44.5 Å². The molecule has 10 aliphatic rings. The summed E-state index contributed by atoms with van der Waals surface area (Å²) < 4.78 is 1.85. The van der Waals surface area contributed by atoms with Gasteiger partial charge in [0.15, 0.2) is 0 Å². The Morgan fingerprint density at radius 1 is 0.769 bits per heavy atom. The van der Waals surface area contributed by atoms with Gasteiger partial charge in [-0.05, 0) is 0 Å². The third-order valence-corrected chi connectivity index (χ3v) is 79.6. The zero-order valence-corrected chi connectivity index (χ0v) is 29.0. The number of hydrogen-bond donors (Lipinski definition) is 0. The summed E-state index contributed by atoms with van der Waals surface area (Å²) in [6, 6.07) is 3.99. The zero-order valence-electron chi connectivity index (χ0n) is 24.9. The van der Waals surface area contributed by atoms with Crippen LogP contribution in [0.1, 0.15) is 53.2 Å². The summed E-state index contributed by atoms with van der Waals surface area (Å²) in [6.45, 7) is 19.7. The number of nitrogens with zero attached hydrogens (tertiary/aromatic N) is 4. The summed E-state index contributed by atoms with van der Waals surface area (Å²) in [5.74, 6) is 2.05. The first-order valence-corrected chi connectivity index (χ1v) is 26.9. The van der Waals surface area contributed by atoms with E-state index in [1.54, 1.807) is 0 Å². The SMILES string of the molecule is CC(C)(C)P(C[C]12[CH]3[C]4([Si](C)(C)C)[CH]5[C]1(C(P)(c1ncccn1)c1ncccn1)[Fe]35241678[CH]2[CH]1[CH]6[CH]7[CH]28)C(C)(C)C. The Balaban J connectivity index is 1.24. The van der Waals surface area contributed by atoms with Crippen molar-refractivity contribution in [3.05, 3.63) is 48.6 Å². The molecular weight excluding hydrogens is 574 g/mol. The van der Waals surface area contributed by atoms with Crippen molar-refractivity contribution in [2.75, 3.05) is 6.16 Å². The van der Waals surface area contributed by atoms with Crippen LogP contribution in [-0.2, 0) is 11.7 Å². The maximum atomic E-state index is 5.14. The molecule has 10 fully saturated rings. The molecular formula is C31H44FeN4P2Si. The normalized spacial score (nSPS) is 64.3. The summed E-state index contributed by atoms with van der Waals surface area (Å²) in [6.07, 6.45) is 9.50. The van der Waals surface area contributed by atoms with Gasteiger partial charge in [-0.1, -0.05) is 0 Å². The van der Waals surface area contributed by atoms with Gasteiger partial charge >= 0.3 is 229 Å². The van der Waals surface area contributed by atoms with Gasteiger partial charge in [-0.15, -0.1) is 0 Å². The Morgan fingerprint density at radius 3 is 1.51 bits per heavy atom. The van der Waals surface area contributed by atoms with Gasteiger partial charge in [0.1, 0.15) is 0 Å². The summed E-state index contributed by atoms with van der Waals surface area (Å²) >= 11 is 0. The number of hydrogen-bond acceptors (Lipinski definition) is 4. The van der Waals surface area contributed by atoms with E-state index in [2.05, 4.69) is 70.4 Å². The zero-order chi connectivity index (χ0) is 27.4. The predicted molar refractivity (Wildman–Crippen MR) is 164 cm³/mol. The molecule has 1 spiro atoms. The van der Waals surface area contributed by atoms with Crippen molar-refractivity contribution in [3.63, 3.8) is 0 Å². The summed E-state index contributed by atoms with van der Waals surface area (Å²) in [5, 5.41) is 0.389. The fourth-order valence-electron chi connectivity index (χ4n) is 24.2. The van der Waals surface area contributed by atoms with E-state index in [0.29, 0.717) is 18.9 Å². The molecule has 0 aromatic carbocycles. The third-order valence-electron chi connectivity index (χ3n) is 20.8. The summed E-state index contributed by atoms with van der Waals surface area (Å²) in [5.41, 5.74) is 0. The van der Waals surface area contributed by atoms with Crippen LogP contribution >= 0.6 is 17.2 Å². The van der Waals surface area contributed by atoms with Crippen molar-refractivity contribution in [2.24, 2.45) is 0 Å². The molecule has 10 aliphatic heterocycles. The van der Waals surface area contributed by atoms with E-state index < -0.39 is 14.6 Å². The Bertz CT molecular complexity index is 1930. The fraction of sp³-hybridized carbons (Fsp3) is 0.742. The maximum absolute atomic E-state index is 5.14. The summed E-state index contributed by atoms with van der Waals surface area (Å²) in [7, 11) is 1.96. The van der Waals surface area contributed by atoms with Crippen molar-refractivity contribution in [2.45, 2.75) is 123 Å². The van der Waals surface area contributed by atoms with Crippen LogP contribution in [0.5, 0.6) is 0 Å². The number of aromatic nitrogens is 4. The van der Waals surface area contributed by atoms with E-state index in [1.165, 1.54) is 30.2 Å². The first kappa shape index (κ1) is 22.3. The Hall–Kier alpha value is -0.244. The van der Waals surface area contributed by atoms with Crippen molar-refractivity contribution in [1.82, 2.24) is 19.9 Å². The monoisotopic (exact) mass is 618 g/mol. The molecule has 6 atom stereocenters. The Morgan fingerprint density at radius 2 is 1.18 bits per heavy atom. The van der Waals surface area contributed by atoms with Gasteiger partial charge in [0.25, 0.3) is 0 Å². The van der Waals surface area contributed by atoms with E-state index in [0.717, 1.165) is 25.2 Å². The molecule has 12 rings (SSSR count). The predicted octanol–water partition coefficient (Wildman–Crippen LogP) is 8.84. The standard InChI is InChI=1S/C26H39N4P2Si.C5H5.Fe/c1-24(2,3)32(25(4,5)6)18-19-16-20(33(7,8)9)17-21(19)26(31,22-27-12-10-13-28-22)23-29-14-11-15-30-23;1-2-4-5-3-1;/h10-17H,18,31H2,1-9H3;1-5H;. The first-order chi connectivity index (χ1) is 17.9. The van der Waals surface area contributed by atoms with E-state index >= 15 is 0 Å². The van der Waals surface area contributed by atoms with E-state index in [4.69, 9.17) is 19.9 Å². The van der Waals surface area contributed by atoms with Crippen LogP contribution in [0.15, 0.2) is 36.9 Å². The van der Waals surface area contributed by atoms with E-state index in [9.17, 15) is 0 Å². The van der Waals surface area contributed by atoms with Crippen LogP contribution in [0.3, 0.4) is 0 Å². The van der Waals surface area contributed by atoms with Crippen LogP contribution in [0.25, 0.3) is 0 Å². The molecule has 2 aromatic heterocycles. The minimum atomic E-state index is -4.22. The van der Waals surface area contributed by atoms with Crippen molar-refractivity contribution in [1.29, 1.82) is 0 Å². The Labute approximate surface area is 228 Å². The van der Waals surface area contributed by atoms with E-state index in [1.807, 2.05) is 36.9 Å². The van der Waals surface area contributed by atoms with Crippen molar-refractivity contribution >= 4 is 25.2 Å². The van der Waals surface area contributed by atoms with E-state index in [-0.39, 0.29) is 13.1 Å². The molecule has 8 heteroatoms. The van der Waals surface area contributed by atoms with Gasteiger partial charge in [-0.2, -0.15) is 0 Å². The molecule has 0 amide bonds. The molecule has 39 heavy (non-hydrogen) atoms. The van der Waals surface area contributed by atoms with Gasteiger partial charge in [-0.25, -0.2) is 0 Å². The van der Waals surface area contributed by atoms with Gasteiger partial charge in [0.2, 0.25) is 0 Å². The van der Waals surface area contributed by atoms with Gasteiger partial charge in [-0.3, -0.25) is 0 Å². The van der Waals surface area contributed by atoms with Crippen LogP contribution in [0, 0.1) is 0 Å². The molecule has 0 saturated carbocycles. The molecule has 0 N–H and O–H groups in total. The molecule has 4 nitrogen and oxygen atoms in total.